The van der Waals surface area contributed by atoms with E-state index in [1.165, 1.54) is 16.7 Å². The molecular weight excluding hydrogens is 346 g/mol. The normalized spacial score (nSPS) is 12.0. The summed E-state index contributed by atoms with van der Waals surface area (Å²) in [5.41, 5.74) is 5.01. The molecule has 2 N–H and O–H groups in total. The Bertz CT molecular complexity index is 698. The lowest BCUT2D eigenvalue weighted by atomic mass is 10.1. The van der Waals surface area contributed by atoms with E-state index in [2.05, 4.69) is 51.2 Å². The number of hydrogen-bond acceptors (Lipinski definition) is 2. The maximum Gasteiger partial charge on any atom is 0.337 e. The van der Waals surface area contributed by atoms with Crippen molar-refractivity contribution in [3.63, 3.8) is 0 Å². The molecule has 0 atom stereocenters. The van der Waals surface area contributed by atoms with Crippen molar-refractivity contribution in [1.29, 1.82) is 0 Å². The fourth-order valence-corrected chi connectivity index (χ4v) is 2.68. The molecule has 0 aliphatic carbocycles. The number of nitrogens with one attached hydrogen (secondary N) is 1. The van der Waals surface area contributed by atoms with Crippen LogP contribution < -0.4 is 5.32 Å². The maximum atomic E-state index is 11.1. The Morgan fingerprint density at radius 2 is 1.65 bits per heavy atom. The monoisotopic (exact) mass is 375 g/mol. The van der Waals surface area contributed by atoms with Crippen LogP contribution in [0.3, 0.4) is 0 Å². The summed E-state index contributed by atoms with van der Waals surface area (Å²) in [7, 11) is 0. The van der Waals surface area contributed by atoms with E-state index in [-0.39, 0.29) is 10.6 Å². The first-order valence-electron chi connectivity index (χ1n) is 9.01. The Hall–Kier alpha value is -2.00. The molecule has 4 heteroatoms. The summed E-state index contributed by atoms with van der Waals surface area (Å²) in [6, 6.07) is 4.95. The summed E-state index contributed by atoms with van der Waals surface area (Å²) in [5.74, 6) is -1.02. The van der Waals surface area contributed by atoms with Gasteiger partial charge in [-0.25, -0.2) is 4.79 Å². The number of hydrogen-bond donors (Lipinski definition) is 2. The highest BCUT2D eigenvalue weighted by Crippen LogP contribution is 2.20. The van der Waals surface area contributed by atoms with Crippen molar-refractivity contribution in [3.05, 3.63) is 63.7 Å². The molecule has 1 aromatic rings. The zero-order valence-electron chi connectivity index (χ0n) is 16.2. The van der Waals surface area contributed by atoms with Crippen molar-refractivity contribution in [2.75, 3.05) is 11.9 Å². The smallest absolute Gasteiger partial charge is 0.337 e. The standard InChI is InChI=1S/C22H30ClNO2/c1-16(2)7-5-8-17(3)9-6-10-18(4)13-14-24-19-11-12-21(23)20(15-19)22(25)26/h7,9,11-13,15,24H,5-6,8,10,14H2,1-4H3,(H,25,26). The highest BCUT2D eigenvalue weighted by molar-refractivity contribution is 6.33. The Labute approximate surface area is 162 Å². The van der Waals surface area contributed by atoms with E-state index in [4.69, 9.17) is 16.7 Å². The number of carbonyl (C=O) groups is 1. The van der Waals surface area contributed by atoms with Crippen LogP contribution in [0.2, 0.25) is 5.02 Å². The van der Waals surface area contributed by atoms with Crippen molar-refractivity contribution >= 4 is 23.3 Å². The minimum absolute atomic E-state index is 0.117. The molecule has 1 rings (SSSR count). The third kappa shape index (κ3) is 8.91. The van der Waals surface area contributed by atoms with Crippen LogP contribution in [0.4, 0.5) is 5.69 Å². The number of anilines is 1. The summed E-state index contributed by atoms with van der Waals surface area (Å²) in [5, 5.41) is 12.6. The summed E-state index contributed by atoms with van der Waals surface area (Å²) in [4.78, 5) is 11.1. The van der Waals surface area contributed by atoms with Gasteiger partial charge in [-0.05, 0) is 71.6 Å². The molecule has 0 saturated heterocycles. The van der Waals surface area contributed by atoms with Gasteiger partial charge in [-0.15, -0.1) is 0 Å². The van der Waals surface area contributed by atoms with Crippen molar-refractivity contribution < 1.29 is 9.90 Å². The fourth-order valence-electron chi connectivity index (χ4n) is 2.48. The van der Waals surface area contributed by atoms with Crippen molar-refractivity contribution in [3.8, 4) is 0 Å². The van der Waals surface area contributed by atoms with Gasteiger partial charge in [-0.3, -0.25) is 0 Å². The molecule has 0 radical (unpaired) electrons. The van der Waals surface area contributed by atoms with E-state index in [1.54, 1.807) is 18.2 Å². The SMILES string of the molecule is CC(C)=CCCC(C)=CCCC(C)=CCNc1ccc(Cl)c(C(=O)O)c1. The molecular formula is C22H30ClNO2. The van der Waals surface area contributed by atoms with Crippen LogP contribution in [0.5, 0.6) is 0 Å². The van der Waals surface area contributed by atoms with Crippen LogP contribution in [0, 0.1) is 0 Å². The Kier molecular flexibility index (Phi) is 9.82. The van der Waals surface area contributed by atoms with E-state index >= 15 is 0 Å². The minimum atomic E-state index is -1.02. The number of rotatable bonds is 10. The van der Waals surface area contributed by atoms with Crippen molar-refractivity contribution in [2.24, 2.45) is 0 Å². The molecule has 0 spiro atoms. The van der Waals surface area contributed by atoms with E-state index in [0.29, 0.717) is 6.54 Å². The molecule has 0 fully saturated rings. The highest BCUT2D eigenvalue weighted by atomic mass is 35.5. The lowest BCUT2D eigenvalue weighted by Crippen LogP contribution is -2.03. The molecule has 0 unspecified atom stereocenters. The largest absolute Gasteiger partial charge is 0.478 e. The average Bonchev–Trinajstić information content (AvgIpc) is 2.55. The van der Waals surface area contributed by atoms with E-state index in [9.17, 15) is 4.79 Å². The van der Waals surface area contributed by atoms with Gasteiger partial charge in [-0.1, -0.05) is 46.5 Å². The number of benzene rings is 1. The van der Waals surface area contributed by atoms with Gasteiger partial charge in [0, 0.05) is 12.2 Å². The van der Waals surface area contributed by atoms with Gasteiger partial charge in [0.1, 0.15) is 0 Å². The van der Waals surface area contributed by atoms with Crippen LogP contribution in [0.25, 0.3) is 0 Å². The average molecular weight is 376 g/mol. The Morgan fingerprint density at radius 1 is 1.04 bits per heavy atom. The first-order valence-corrected chi connectivity index (χ1v) is 9.38. The number of allylic oxidation sites excluding steroid dienone is 5. The second kappa shape index (κ2) is 11.6. The Balaban J connectivity index is 2.41. The van der Waals surface area contributed by atoms with Crippen LogP contribution in [-0.4, -0.2) is 17.6 Å². The topological polar surface area (TPSA) is 49.3 Å². The molecule has 0 aliphatic rings. The lowest BCUT2D eigenvalue weighted by molar-refractivity contribution is 0.0697. The Morgan fingerprint density at radius 3 is 2.27 bits per heavy atom. The fraction of sp³-hybridized carbons (Fsp3) is 0.409. The third-order valence-electron chi connectivity index (χ3n) is 4.08. The van der Waals surface area contributed by atoms with Crippen molar-refractivity contribution in [1.82, 2.24) is 0 Å². The van der Waals surface area contributed by atoms with Gasteiger partial charge in [0.15, 0.2) is 0 Å². The predicted molar refractivity (Wildman–Crippen MR) is 112 cm³/mol. The van der Waals surface area contributed by atoms with Crippen LogP contribution in [0.1, 0.15) is 63.7 Å². The number of carboxylic acids is 1. The van der Waals surface area contributed by atoms with Crippen molar-refractivity contribution in [2.45, 2.75) is 53.4 Å². The molecule has 0 saturated carbocycles. The summed E-state index contributed by atoms with van der Waals surface area (Å²) in [6.45, 7) is 9.25. The van der Waals surface area contributed by atoms with Gasteiger partial charge in [0.25, 0.3) is 0 Å². The number of aromatic carboxylic acids is 1. The van der Waals surface area contributed by atoms with Gasteiger partial charge < -0.3 is 10.4 Å². The summed E-state index contributed by atoms with van der Waals surface area (Å²) in [6.07, 6.45) is 11.1. The highest BCUT2D eigenvalue weighted by Gasteiger charge is 2.08. The molecule has 0 amide bonds. The van der Waals surface area contributed by atoms with Gasteiger partial charge in [-0.2, -0.15) is 0 Å². The van der Waals surface area contributed by atoms with E-state index in [0.717, 1.165) is 31.4 Å². The zero-order chi connectivity index (χ0) is 19.5. The predicted octanol–water partition coefficient (Wildman–Crippen LogP) is 6.87. The number of carboxylic acid groups (broad SMARTS) is 1. The summed E-state index contributed by atoms with van der Waals surface area (Å²) < 4.78 is 0. The lowest BCUT2D eigenvalue weighted by Gasteiger charge is -2.07. The molecule has 0 heterocycles. The van der Waals surface area contributed by atoms with Gasteiger partial charge in [0.05, 0.1) is 10.6 Å². The van der Waals surface area contributed by atoms with Crippen LogP contribution >= 0.6 is 11.6 Å². The van der Waals surface area contributed by atoms with Gasteiger partial charge in [0.2, 0.25) is 0 Å². The third-order valence-corrected chi connectivity index (χ3v) is 4.41. The van der Waals surface area contributed by atoms with Crippen LogP contribution in [0.15, 0.2) is 53.1 Å². The molecule has 0 bridgehead atoms. The first kappa shape index (κ1) is 22.0. The second-order valence-corrected chi connectivity index (χ2v) is 7.25. The zero-order valence-corrected chi connectivity index (χ0v) is 17.0. The molecule has 3 nitrogen and oxygen atoms in total. The molecule has 142 valence electrons. The molecule has 1 aromatic carbocycles. The van der Waals surface area contributed by atoms with Gasteiger partial charge >= 0.3 is 5.97 Å². The van der Waals surface area contributed by atoms with E-state index < -0.39 is 5.97 Å². The first-order chi connectivity index (χ1) is 12.3. The quantitative estimate of drug-likeness (QED) is 0.438. The number of halogens is 1. The minimum Gasteiger partial charge on any atom is -0.478 e. The molecule has 0 aromatic heterocycles. The molecule has 26 heavy (non-hydrogen) atoms. The van der Waals surface area contributed by atoms with E-state index in [1.807, 2.05) is 0 Å². The van der Waals surface area contributed by atoms with Crippen LogP contribution in [-0.2, 0) is 0 Å². The summed E-state index contributed by atoms with van der Waals surface area (Å²) >= 11 is 5.88. The molecule has 0 aliphatic heterocycles. The maximum absolute atomic E-state index is 11.1. The second-order valence-electron chi connectivity index (χ2n) is 6.84.